The van der Waals surface area contributed by atoms with Crippen molar-refractivity contribution in [2.45, 2.75) is 6.54 Å². The lowest BCUT2D eigenvalue weighted by atomic mass is 10.2. The second kappa shape index (κ2) is 8.59. The van der Waals surface area contributed by atoms with E-state index >= 15 is 0 Å². The molecule has 3 heterocycles. The molecule has 0 radical (unpaired) electrons. The van der Waals surface area contributed by atoms with Crippen molar-refractivity contribution in [3.63, 3.8) is 0 Å². The van der Waals surface area contributed by atoms with E-state index in [0.29, 0.717) is 43.7 Å². The number of pyridine rings is 1. The zero-order valence-corrected chi connectivity index (χ0v) is 16.5. The summed E-state index contributed by atoms with van der Waals surface area (Å²) < 4.78 is 0. The minimum absolute atomic E-state index is 0.0698. The number of halogens is 1. The molecule has 9 heteroatoms. The first kappa shape index (κ1) is 19.4. The molecular formula is C20H21ClN6O2. The predicted octanol–water partition coefficient (Wildman–Crippen LogP) is 2.50. The molecule has 29 heavy (non-hydrogen) atoms. The van der Waals surface area contributed by atoms with Crippen molar-refractivity contribution in [3.05, 3.63) is 53.3 Å². The SMILES string of the molecule is O=C(O)CN1CCN(c2nccc3nc(NCc4ccccc4Cl)ncc23)CC1. The van der Waals surface area contributed by atoms with Gasteiger partial charge < -0.3 is 15.3 Å². The highest BCUT2D eigenvalue weighted by molar-refractivity contribution is 6.31. The molecule has 1 aliphatic heterocycles. The van der Waals surface area contributed by atoms with Crippen LogP contribution in [0, 0.1) is 0 Å². The van der Waals surface area contributed by atoms with Crippen LogP contribution in [0.2, 0.25) is 5.02 Å². The van der Waals surface area contributed by atoms with E-state index in [4.69, 9.17) is 16.7 Å². The number of carboxylic acids is 1. The van der Waals surface area contributed by atoms with Crippen molar-refractivity contribution >= 4 is 40.2 Å². The molecule has 1 aliphatic rings. The second-order valence-electron chi connectivity index (χ2n) is 6.86. The molecule has 0 aliphatic carbocycles. The molecule has 2 aromatic heterocycles. The fourth-order valence-electron chi connectivity index (χ4n) is 3.40. The van der Waals surface area contributed by atoms with Crippen LogP contribution in [0.1, 0.15) is 5.56 Å². The summed E-state index contributed by atoms with van der Waals surface area (Å²) in [6.07, 6.45) is 3.52. The highest BCUT2D eigenvalue weighted by Gasteiger charge is 2.21. The number of fused-ring (bicyclic) bond motifs is 1. The maximum atomic E-state index is 10.9. The highest BCUT2D eigenvalue weighted by Crippen LogP contribution is 2.24. The maximum absolute atomic E-state index is 10.9. The highest BCUT2D eigenvalue weighted by atomic mass is 35.5. The average molecular weight is 413 g/mol. The number of carboxylic acid groups (broad SMARTS) is 1. The molecule has 3 aromatic rings. The fourth-order valence-corrected chi connectivity index (χ4v) is 3.61. The molecule has 0 saturated carbocycles. The third-order valence-corrected chi connectivity index (χ3v) is 5.28. The van der Waals surface area contributed by atoms with Crippen LogP contribution in [0.5, 0.6) is 0 Å². The van der Waals surface area contributed by atoms with E-state index in [2.05, 4.69) is 25.2 Å². The van der Waals surface area contributed by atoms with E-state index < -0.39 is 5.97 Å². The normalized spacial score (nSPS) is 14.9. The predicted molar refractivity (Wildman–Crippen MR) is 112 cm³/mol. The van der Waals surface area contributed by atoms with E-state index in [0.717, 1.165) is 22.3 Å². The molecule has 1 fully saturated rings. The monoisotopic (exact) mass is 412 g/mol. The second-order valence-corrected chi connectivity index (χ2v) is 7.27. The zero-order chi connectivity index (χ0) is 20.2. The molecule has 4 rings (SSSR count). The molecule has 8 nitrogen and oxygen atoms in total. The number of benzene rings is 1. The van der Waals surface area contributed by atoms with Crippen molar-refractivity contribution in [3.8, 4) is 0 Å². The van der Waals surface area contributed by atoms with Crippen LogP contribution in [-0.4, -0.2) is 63.7 Å². The minimum atomic E-state index is -0.799. The van der Waals surface area contributed by atoms with Crippen LogP contribution >= 0.6 is 11.6 Å². The Morgan fingerprint density at radius 2 is 1.93 bits per heavy atom. The Balaban J connectivity index is 1.48. The minimum Gasteiger partial charge on any atom is -0.480 e. The number of piperazine rings is 1. The largest absolute Gasteiger partial charge is 0.480 e. The van der Waals surface area contributed by atoms with E-state index in [-0.39, 0.29) is 6.54 Å². The van der Waals surface area contributed by atoms with Crippen molar-refractivity contribution in [1.29, 1.82) is 0 Å². The van der Waals surface area contributed by atoms with Gasteiger partial charge in [0.25, 0.3) is 0 Å². The van der Waals surface area contributed by atoms with Gasteiger partial charge in [0.2, 0.25) is 5.95 Å². The lowest BCUT2D eigenvalue weighted by Crippen LogP contribution is -2.48. The van der Waals surface area contributed by atoms with E-state index in [1.54, 1.807) is 12.4 Å². The Hall–Kier alpha value is -2.97. The van der Waals surface area contributed by atoms with Crippen LogP contribution in [0.4, 0.5) is 11.8 Å². The van der Waals surface area contributed by atoms with Gasteiger partial charge in [-0.25, -0.2) is 15.0 Å². The summed E-state index contributed by atoms with van der Waals surface area (Å²) >= 11 is 6.20. The van der Waals surface area contributed by atoms with Gasteiger partial charge in [-0.15, -0.1) is 0 Å². The Labute approximate surface area is 173 Å². The van der Waals surface area contributed by atoms with Gasteiger partial charge in [0.05, 0.1) is 17.4 Å². The Bertz CT molecular complexity index is 1020. The van der Waals surface area contributed by atoms with E-state index in [1.807, 2.05) is 35.2 Å². The van der Waals surface area contributed by atoms with Crippen LogP contribution in [0.3, 0.4) is 0 Å². The van der Waals surface area contributed by atoms with Gasteiger partial charge >= 0.3 is 5.97 Å². The molecule has 0 bridgehead atoms. The molecule has 2 N–H and O–H groups in total. The molecule has 0 amide bonds. The summed E-state index contributed by atoms with van der Waals surface area (Å²) in [6, 6.07) is 9.52. The Morgan fingerprint density at radius 1 is 1.14 bits per heavy atom. The molecule has 150 valence electrons. The average Bonchev–Trinajstić information content (AvgIpc) is 2.73. The molecule has 0 unspecified atom stereocenters. The first-order valence-corrected chi connectivity index (χ1v) is 9.76. The number of hydrogen-bond donors (Lipinski definition) is 2. The summed E-state index contributed by atoms with van der Waals surface area (Å²) in [7, 11) is 0. The van der Waals surface area contributed by atoms with E-state index in [1.165, 1.54) is 0 Å². The topological polar surface area (TPSA) is 94.5 Å². The Kier molecular flexibility index (Phi) is 5.73. The van der Waals surface area contributed by atoms with Crippen molar-refractivity contribution in [2.75, 3.05) is 42.9 Å². The van der Waals surface area contributed by atoms with Gasteiger partial charge in [-0.05, 0) is 17.7 Å². The lowest BCUT2D eigenvalue weighted by molar-refractivity contribution is -0.138. The summed E-state index contributed by atoms with van der Waals surface area (Å²) in [5, 5.41) is 13.7. The summed E-state index contributed by atoms with van der Waals surface area (Å²) in [5.41, 5.74) is 1.78. The molecule has 1 aromatic carbocycles. The number of hydrogen-bond acceptors (Lipinski definition) is 7. The molecule has 1 saturated heterocycles. The maximum Gasteiger partial charge on any atom is 0.317 e. The summed E-state index contributed by atoms with van der Waals surface area (Å²) in [6.45, 7) is 3.40. The number of rotatable bonds is 6. The van der Waals surface area contributed by atoms with Gasteiger partial charge in [-0.2, -0.15) is 0 Å². The quantitative estimate of drug-likeness (QED) is 0.637. The third kappa shape index (κ3) is 4.55. The molecular weight excluding hydrogens is 392 g/mol. The third-order valence-electron chi connectivity index (χ3n) is 4.91. The van der Waals surface area contributed by atoms with Gasteiger partial charge in [-0.3, -0.25) is 9.69 Å². The summed E-state index contributed by atoms with van der Waals surface area (Å²) in [5.74, 6) is 0.558. The number of aliphatic carboxylic acids is 1. The summed E-state index contributed by atoms with van der Waals surface area (Å²) in [4.78, 5) is 28.5. The number of anilines is 2. The van der Waals surface area contributed by atoms with Crippen LogP contribution in [0.15, 0.2) is 42.7 Å². The first-order chi connectivity index (χ1) is 14.1. The van der Waals surface area contributed by atoms with Crippen molar-refractivity contribution in [2.24, 2.45) is 0 Å². The molecule has 0 spiro atoms. The lowest BCUT2D eigenvalue weighted by Gasteiger charge is -2.34. The standard InChI is InChI=1S/C20H21ClN6O2/c21-16-4-2-1-3-14(16)11-23-20-24-12-15-17(25-20)5-6-22-19(15)27-9-7-26(8-10-27)13-18(28)29/h1-6,12H,7-11,13H2,(H,28,29)(H,23,24,25). The van der Waals surface area contributed by atoms with E-state index in [9.17, 15) is 4.79 Å². The zero-order valence-electron chi connectivity index (χ0n) is 15.8. The van der Waals surface area contributed by atoms with Crippen LogP contribution in [-0.2, 0) is 11.3 Å². The number of nitrogens with one attached hydrogen (secondary N) is 1. The van der Waals surface area contributed by atoms with Gasteiger partial charge in [0, 0.05) is 50.1 Å². The van der Waals surface area contributed by atoms with Crippen LogP contribution in [0.25, 0.3) is 10.9 Å². The van der Waals surface area contributed by atoms with Gasteiger partial charge in [0.15, 0.2) is 0 Å². The van der Waals surface area contributed by atoms with Crippen molar-refractivity contribution in [1.82, 2.24) is 19.9 Å². The molecule has 0 atom stereocenters. The smallest absolute Gasteiger partial charge is 0.317 e. The number of carbonyl (C=O) groups is 1. The van der Waals surface area contributed by atoms with Crippen molar-refractivity contribution < 1.29 is 9.90 Å². The Morgan fingerprint density at radius 3 is 2.69 bits per heavy atom. The number of aromatic nitrogens is 3. The first-order valence-electron chi connectivity index (χ1n) is 9.38. The fraction of sp³-hybridized carbons (Fsp3) is 0.300. The van der Waals surface area contributed by atoms with Gasteiger partial charge in [0.1, 0.15) is 5.82 Å². The number of nitrogens with zero attached hydrogens (tertiary/aromatic N) is 5. The van der Waals surface area contributed by atoms with Gasteiger partial charge in [-0.1, -0.05) is 29.8 Å². The van der Waals surface area contributed by atoms with Crippen LogP contribution < -0.4 is 10.2 Å².